The van der Waals surface area contributed by atoms with Gasteiger partial charge in [0.05, 0.1) is 12.1 Å². The molecule has 2 atom stereocenters. The van der Waals surface area contributed by atoms with E-state index in [-0.39, 0.29) is 30.5 Å². The van der Waals surface area contributed by atoms with E-state index >= 15 is 0 Å². The van der Waals surface area contributed by atoms with Gasteiger partial charge in [-0.3, -0.25) is 14.5 Å². The highest BCUT2D eigenvalue weighted by molar-refractivity contribution is 5.93. The minimum absolute atomic E-state index is 0.00568. The van der Waals surface area contributed by atoms with E-state index in [1.54, 1.807) is 0 Å². The highest BCUT2D eigenvalue weighted by Gasteiger charge is 2.36. The molecule has 0 bridgehead atoms. The Labute approximate surface area is 148 Å². The summed E-state index contributed by atoms with van der Waals surface area (Å²) in [6.07, 6.45) is 3.00. The van der Waals surface area contributed by atoms with Gasteiger partial charge in [0, 0.05) is 37.6 Å². The van der Waals surface area contributed by atoms with Gasteiger partial charge in [-0.25, -0.2) is 9.97 Å². The van der Waals surface area contributed by atoms with Crippen LogP contribution in [0.4, 0.5) is 5.95 Å². The number of nitrogens with zero attached hydrogens (tertiary/aromatic N) is 3. The van der Waals surface area contributed by atoms with Crippen molar-refractivity contribution in [1.29, 1.82) is 0 Å². The number of anilines is 1. The summed E-state index contributed by atoms with van der Waals surface area (Å²) in [4.78, 5) is 33.6. The van der Waals surface area contributed by atoms with Crippen molar-refractivity contribution in [3.63, 3.8) is 0 Å². The van der Waals surface area contributed by atoms with E-state index in [2.05, 4.69) is 34.4 Å². The molecule has 0 saturated carbocycles. The molecule has 1 aliphatic rings. The van der Waals surface area contributed by atoms with Gasteiger partial charge < -0.3 is 15.7 Å². The van der Waals surface area contributed by atoms with Crippen molar-refractivity contribution in [1.82, 2.24) is 20.2 Å². The SMILES string of the molecule is CC(C)Nc1ncc(C(=O)N[C@H]2CN(CC(=O)O)C[C@@H]2C(C)C)cn1. The second kappa shape index (κ2) is 8.24. The predicted octanol–water partition coefficient (Wildman–Crippen LogP) is 1.07. The van der Waals surface area contributed by atoms with Crippen LogP contribution in [0.5, 0.6) is 0 Å². The van der Waals surface area contributed by atoms with E-state index in [1.807, 2.05) is 18.7 Å². The molecule has 1 aliphatic heterocycles. The van der Waals surface area contributed by atoms with Gasteiger partial charge >= 0.3 is 5.97 Å². The number of carboxylic acids is 1. The zero-order valence-corrected chi connectivity index (χ0v) is 15.2. The van der Waals surface area contributed by atoms with Crippen molar-refractivity contribution in [2.24, 2.45) is 11.8 Å². The average molecular weight is 349 g/mol. The maximum atomic E-state index is 12.5. The van der Waals surface area contributed by atoms with Gasteiger partial charge in [-0.15, -0.1) is 0 Å². The molecular weight excluding hydrogens is 322 g/mol. The van der Waals surface area contributed by atoms with Gasteiger partial charge in [0.25, 0.3) is 5.91 Å². The second-order valence-electron chi connectivity index (χ2n) is 7.17. The standard InChI is InChI=1S/C17H27N5O3/c1-10(2)13-7-22(9-15(23)24)8-14(13)21-16(25)12-5-18-17(19-6-12)20-11(3)4/h5-6,10-11,13-14H,7-9H2,1-4H3,(H,21,25)(H,23,24)(H,18,19,20)/t13-,14+/m1/s1. The molecule has 8 nitrogen and oxygen atoms in total. The zero-order valence-electron chi connectivity index (χ0n) is 15.2. The minimum Gasteiger partial charge on any atom is -0.480 e. The lowest BCUT2D eigenvalue weighted by atomic mass is 9.91. The first-order valence-electron chi connectivity index (χ1n) is 8.59. The molecule has 0 radical (unpaired) electrons. The van der Waals surface area contributed by atoms with Crippen LogP contribution in [0.2, 0.25) is 0 Å². The Morgan fingerprint density at radius 1 is 1.24 bits per heavy atom. The summed E-state index contributed by atoms with van der Waals surface area (Å²) in [5, 5.41) is 15.1. The number of hydrogen-bond acceptors (Lipinski definition) is 6. The minimum atomic E-state index is -0.851. The molecule has 2 heterocycles. The van der Waals surface area contributed by atoms with E-state index in [9.17, 15) is 9.59 Å². The van der Waals surface area contributed by atoms with Gasteiger partial charge in [0.2, 0.25) is 5.95 Å². The number of rotatable bonds is 7. The third-order valence-electron chi connectivity index (χ3n) is 4.30. The molecule has 138 valence electrons. The molecule has 0 aromatic carbocycles. The van der Waals surface area contributed by atoms with Crippen LogP contribution in [0.15, 0.2) is 12.4 Å². The summed E-state index contributed by atoms with van der Waals surface area (Å²) in [5.74, 6) is -0.0378. The van der Waals surface area contributed by atoms with Crippen molar-refractivity contribution < 1.29 is 14.7 Å². The van der Waals surface area contributed by atoms with Crippen molar-refractivity contribution in [3.05, 3.63) is 18.0 Å². The van der Waals surface area contributed by atoms with Gasteiger partial charge in [-0.1, -0.05) is 13.8 Å². The molecule has 0 unspecified atom stereocenters. The van der Waals surface area contributed by atoms with Crippen LogP contribution in [0.1, 0.15) is 38.1 Å². The Morgan fingerprint density at radius 3 is 2.40 bits per heavy atom. The molecule has 8 heteroatoms. The Hall–Kier alpha value is -2.22. The van der Waals surface area contributed by atoms with Gasteiger partial charge in [0.15, 0.2) is 0 Å². The van der Waals surface area contributed by atoms with Crippen LogP contribution < -0.4 is 10.6 Å². The average Bonchev–Trinajstić information content (AvgIpc) is 2.89. The van der Waals surface area contributed by atoms with Crippen molar-refractivity contribution in [3.8, 4) is 0 Å². The molecule has 1 aromatic heterocycles. The van der Waals surface area contributed by atoms with Gasteiger partial charge in [0.1, 0.15) is 0 Å². The molecule has 1 fully saturated rings. The maximum Gasteiger partial charge on any atom is 0.317 e. The summed E-state index contributed by atoms with van der Waals surface area (Å²) in [5.41, 5.74) is 0.397. The molecule has 0 aliphatic carbocycles. The summed E-state index contributed by atoms with van der Waals surface area (Å²) in [6, 6.07) is 0.130. The number of likely N-dealkylation sites (tertiary alicyclic amines) is 1. The molecule has 1 amide bonds. The fourth-order valence-electron chi connectivity index (χ4n) is 3.09. The number of hydrogen-bond donors (Lipinski definition) is 3. The smallest absolute Gasteiger partial charge is 0.317 e. The molecule has 3 N–H and O–H groups in total. The van der Waals surface area contributed by atoms with Crippen LogP contribution in [0.3, 0.4) is 0 Å². The number of amides is 1. The third-order valence-corrected chi connectivity index (χ3v) is 4.30. The fourth-order valence-corrected chi connectivity index (χ4v) is 3.09. The first kappa shape index (κ1) is 19.1. The predicted molar refractivity (Wildman–Crippen MR) is 94.4 cm³/mol. The lowest BCUT2D eigenvalue weighted by molar-refractivity contribution is -0.138. The van der Waals surface area contributed by atoms with E-state index in [1.165, 1.54) is 12.4 Å². The number of carbonyl (C=O) groups excluding carboxylic acids is 1. The molecule has 25 heavy (non-hydrogen) atoms. The first-order valence-corrected chi connectivity index (χ1v) is 8.59. The lowest BCUT2D eigenvalue weighted by Gasteiger charge is -2.23. The van der Waals surface area contributed by atoms with Crippen LogP contribution in [-0.4, -0.2) is 63.6 Å². The van der Waals surface area contributed by atoms with Crippen LogP contribution >= 0.6 is 0 Å². The van der Waals surface area contributed by atoms with E-state index < -0.39 is 5.97 Å². The van der Waals surface area contributed by atoms with Gasteiger partial charge in [-0.05, 0) is 25.7 Å². The second-order valence-corrected chi connectivity index (χ2v) is 7.17. The number of nitrogens with one attached hydrogen (secondary N) is 2. The topological polar surface area (TPSA) is 107 Å². The zero-order chi connectivity index (χ0) is 18.6. The lowest BCUT2D eigenvalue weighted by Crippen LogP contribution is -2.42. The Balaban J connectivity index is 2.01. The number of aromatic nitrogens is 2. The van der Waals surface area contributed by atoms with Crippen molar-refractivity contribution >= 4 is 17.8 Å². The molecule has 0 spiro atoms. The number of carbonyl (C=O) groups is 2. The van der Waals surface area contributed by atoms with Crippen LogP contribution in [0.25, 0.3) is 0 Å². The summed E-state index contributed by atoms with van der Waals surface area (Å²) in [6.45, 7) is 9.34. The highest BCUT2D eigenvalue weighted by Crippen LogP contribution is 2.24. The number of aliphatic carboxylic acids is 1. The Kier molecular flexibility index (Phi) is 6.30. The van der Waals surface area contributed by atoms with Gasteiger partial charge in [-0.2, -0.15) is 0 Å². The van der Waals surface area contributed by atoms with Crippen molar-refractivity contribution in [2.45, 2.75) is 39.8 Å². The highest BCUT2D eigenvalue weighted by atomic mass is 16.4. The fraction of sp³-hybridized carbons (Fsp3) is 0.647. The Bertz CT molecular complexity index is 603. The van der Waals surface area contributed by atoms with Crippen molar-refractivity contribution in [2.75, 3.05) is 25.0 Å². The van der Waals surface area contributed by atoms with E-state index in [0.29, 0.717) is 30.5 Å². The molecular formula is C17H27N5O3. The van der Waals surface area contributed by atoms with E-state index in [4.69, 9.17) is 5.11 Å². The summed E-state index contributed by atoms with van der Waals surface area (Å²) >= 11 is 0. The maximum absolute atomic E-state index is 12.5. The number of carboxylic acid groups (broad SMARTS) is 1. The first-order chi connectivity index (χ1) is 11.8. The molecule has 1 aromatic rings. The van der Waals surface area contributed by atoms with Crippen LogP contribution in [0, 0.1) is 11.8 Å². The molecule has 1 saturated heterocycles. The Morgan fingerprint density at radius 2 is 1.88 bits per heavy atom. The third kappa shape index (κ3) is 5.38. The largest absolute Gasteiger partial charge is 0.480 e. The normalized spacial score (nSPS) is 20.9. The summed E-state index contributed by atoms with van der Waals surface area (Å²) in [7, 11) is 0. The van der Waals surface area contributed by atoms with Crippen LogP contribution in [-0.2, 0) is 4.79 Å². The quantitative estimate of drug-likeness (QED) is 0.676. The van der Waals surface area contributed by atoms with E-state index in [0.717, 1.165) is 0 Å². The monoisotopic (exact) mass is 349 g/mol. The summed E-state index contributed by atoms with van der Waals surface area (Å²) < 4.78 is 0. The molecule has 2 rings (SSSR count).